The molecule has 0 aromatic rings. The van der Waals surface area contributed by atoms with Gasteiger partial charge >= 0.3 is 0 Å². The first-order chi connectivity index (χ1) is 6.77. The summed E-state index contributed by atoms with van der Waals surface area (Å²) >= 11 is 0. The van der Waals surface area contributed by atoms with Crippen molar-refractivity contribution in [3.05, 3.63) is 0 Å². The molecule has 0 saturated carbocycles. The first-order valence-corrected chi connectivity index (χ1v) is 5.78. The van der Waals surface area contributed by atoms with E-state index in [4.69, 9.17) is 0 Å². The van der Waals surface area contributed by atoms with Crippen molar-refractivity contribution in [3.63, 3.8) is 0 Å². The molecule has 0 bridgehead atoms. The number of amides is 1. The molecule has 0 aromatic carbocycles. The molecule has 2 heterocycles. The van der Waals surface area contributed by atoms with Gasteiger partial charge in [-0.1, -0.05) is 13.3 Å². The highest BCUT2D eigenvalue weighted by Crippen LogP contribution is 2.39. The van der Waals surface area contributed by atoms with Gasteiger partial charge in [-0.15, -0.1) is 12.4 Å². The van der Waals surface area contributed by atoms with E-state index in [1.165, 1.54) is 6.42 Å². The summed E-state index contributed by atoms with van der Waals surface area (Å²) in [5.41, 5.74) is -0.00884. The Morgan fingerprint density at radius 2 is 2.07 bits per heavy atom. The summed E-state index contributed by atoms with van der Waals surface area (Å²) in [5, 5.41) is 6.47. The van der Waals surface area contributed by atoms with Gasteiger partial charge in [0.05, 0.1) is 5.41 Å². The SMILES string of the molecule is CCCC1CC2(CCNCC2)C(=O)N1.Cl. The number of carbonyl (C=O) groups is 1. The summed E-state index contributed by atoms with van der Waals surface area (Å²) in [4.78, 5) is 11.9. The van der Waals surface area contributed by atoms with Crippen molar-refractivity contribution in [1.82, 2.24) is 10.6 Å². The Morgan fingerprint density at radius 1 is 1.40 bits per heavy atom. The summed E-state index contributed by atoms with van der Waals surface area (Å²) in [6.07, 6.45) is 5.43. The van der Waals surface area contributed by atoms with Crippen LogP contribution in [0.1, 0.15) is 39.0 Å². The van der Waals surface area contributed by atoms with Crippen molar-refractivity contribution in [1.29, 1.82) is 0 Å². The molecular weight excluding hydrogens is 212 g/mol. The second kappa shape index (κ2) is 5.17. The zero-order valence-electron chi connectivity index (χ0n) is 9.34. The van der Waals surface area contributed by atoms with Crippen LogP contribution in [-0.4, -0.2) is 25.0 Å². The molecule has 4 heteroatoms. The van der Waals surface area contributed by atoms with Crippen molar-refractivity contribution >= 4 is 18.3 Å². The fourth-order valence-corrected chi connectivity index (χ4v) is 2.81. The van der Waals surface area contributed by atoms with Gasteiger partial charge in [-0.05, 0) is 38.8 Å². The van der Waals surface area contributed by atoms with Crippen LogP contribution in [0.15, 0.2) is 0 Å². The van der Waals surface area contributed by atoms with Crippen LogP contribution in [0.2, 0.25) is 0 Å². The molecule has 2 aliphatic heterocycles. The lowest BCUT2D eigenvalue weighted by atomic mass is 9.76. The fourth-order valence-electron chi connectivity index (χ4n) is 2.81. The minimum atomic E-state index is -0.00884. The highest BCUT2D eigenvalue weighted by molar-refractivity contribution is 5.85. The van der Waals surface area contributed by atoms with E-state index in [1.54, 1.807) is 0 Å². The van der Waals surface area contributed by atoms with Gasteiger partial charge in [0.25, 0.3) is 0 Å². The van der Waals surface area contributed by atoms with E-state index < -0.39 is 0 Å². The highest BCUT2D eigenvalue weighted by atomic mass is 35.5. The Bertz CT molecular complexity index is 227. The number of nitrogens with one attached hydrogen (secondary N) is 2. The molecule has 2 N–H and O–H groups in total. The lowest BCUT2D eigenvalue weighted by Gasteiger charge is -2.30. The Hall–Kier alpha value is -0.280. The molecule has 15 heavy (non-hydrogen) atoms. The largest absolute Gasteiger partial charge is 0.353 e. The monoisotopic (exact) mass is 232 g/mol. The lowest BCUT2D eigenvalue weighted by Crippen LogP contribution is -2.41. The molecule has 1 unspecified atom stereocenters. The maximum atomic E-state index is 11.9. The van der Waals surface area contributed by atoms with Crippen LogP contribution < -0.4 is 10.6 Å². The predicted molar refractivity (Wildman–Crippen MR) is 63.2 cm³/mol. The first kappa shape index (κ1) is 12.8. The van der Waals surface area contributed by atoms with E-state index in [0.717, 1.165) is 38.8 Å². The maximum Gasteiger partial charge on any atom is 0.226 e. The number of halogens is 1. The minimum Gasteiger partial charge on any atom is -0.353 e. The molecule has 2 aliphatic rings. The third-order valence-electron chi connectivity index (χ3n) is 3.65. The first-order valence-electron chi connectivity index (χ1n) is 5.78. The summed E-state index contributed by atoms with van der Waals surface area (Å²) in [6.45, 7) is 4.19. The van der Waals surface area contributed by atoms with E-state index in [1.807, 2.05) is 0 Å². The van der Waals surface area contributed by atoms with Crippen LogP contribution in [0, 0.1) is 5.41 Å². The zero-order chi connectivity index (χ0) is 10.0. The Morgan fingerprint density at radius 3 is 2.67 bits per heavy atom. The molecule has 2 rings (SSSR count). The van der Waals surface area contributed by atoms with Crippen molar-refractivity contribution in [2.45, 2.75) is 45.1 Å². The van der Waals surface area contributed by atoms with Gasteiger partial charge in [0, 0.05) is 6.04 Å². The Labute approximate surface area is 97.8 Å². The second-order valence-electron chi connectivity index (χ2n) is 4.69. The third kappa shape index (κ3) is 2.45. The summed E-state index contributed by atoms with van der Waals surface area (Å²) in [6, 6.07) is 0.450. The Kier molecular flexibility index (Phi) is 4.41. The number of piperidine rings is 1. The van der Waals surface area contributed by atoms with Crippen molar-refractivity contribution in [2.75, 3.05) is 13.1 Å². The molecule has 88 valence electrons. The summed E-state index contributed by atoms with van der Waals surface area (Å²) in [5.74, 6) is 0.317. The van der Waals surface area contributed by atoms with Crippen LogP contribution in [0.5, 0.6) is 0 Å². The fraction of sp³-hybridized carbons (Fsp3) is 0.909. The number of hydrogen-bond acceptors (Lipinski definition) is 2. The van der Waals surface area contributed by atoms with Crippen LogP contribution in [-0.2, 0) is 4.79 Å². The molecular formula is C11H21ClN2O. The summed E-state index contributed by atoms with van der Waals surface area (Å²) in [7, 11) is 0. The topological polar surface area (TPSA) is 41.1 Å². The third-order valence-corrected chi connectivity index (χ3v) is 3.65. The zero-order valence-corrected chi connectivity index (χ0v) is 10.2. The van der Waals surface area contributed by atoms with E-state index in [9.17, 15) is 4.79 Å². The highest BCUT2D eigenvalue weighted by Gasteiger charge is 2.46. The maximum absolute atomic E-state index is 11.9. The molecule has 0 aliphatic carbocycles. The standard InChI is InChI=1S/C11H20N2O.ClH/c1-2-3-9-8-11(10(14)13-9)4-6-12-7-5-11;/h9,12H,2-8H2,1H3,(H,13,14);1H. The quantitative estimate of drug-likeness (QED) is 0.757. The van der Waals surface area contributed by atoms with Crippen LogP contribution in [0.4, 0.5) is 0 Å². The van der Waals surface area contributed by atoms with Crippen LogP contribution in [0.25, 0.3) is 0 Å². The lowest BCUT2D eigenvalue weighted by molar-refractivity contribution is -0.128. The molecule has 0 aromatic heterocycles. The van der Waals surface area contributed by atoms with Gasteiger partial charge in [0.15, 0.2) is 0 Å². The predicted octanol–water partition coefficient (Wildman–Crippen LogP) is 1.47. The van der Waals surface area contributed by atoms with Gasteiger partial charge in [-0.3, -0.25) is 4.79 Å². The summed E-state index contributed by atoms with van der Waals surface area (Å²) < 4.78 is 0. The van der Waals surface area contributed by atoms with Gasteiger partial charge < -0.3 is 10.6 Å². The average molecular weight is 233 g/mol. The van der Waals surface area contributed by atoms with Gasteiger partial charge in [-0.2, -0.15) is 0 Å². The van der Waals surface area contributed by atoms with Crippen LogP contribution in [0.3, 0.4) is 0 Å². The second-order valence-corrected chi connectivity index (χ2v) is 4.69. The van der Waals surface area contributed by atoms with Crippen molar-refractivity contribution < 1.29 is 4.79 Å². The van der Waals surface area contributed by atoms with Gasteiger partial charge in [0.2, 0.25) is 5.91 Å². The molecule has 1 atom stereocenters. The molecule has 2 fully saturated rings. The van der Waals surface area contributed by atoms with Crippen molar-refractivity contribution in [3.8, 4) is 0 Å². The van der Waals surface area contributed by atoms with Gasteiger partial charge in [0.1, 0.15) is 0 Å². The molecule has 2 saturated heterocycles. The molecule has 1 spiro atoms. The molecule has 0 radical (unpaired) electrons. The van der Waals surface area contributed by atoms with Gasteiger partial charge in [-0.25, -0.2) is 0 Å². The normalized spacial score (nSPS) is 28.6. The van der Waals surface area contributed by atoms with E-state index in [-0.39, 0.29) is 17.8 Å². The average Bonchev–Trinajstić information content (AvgIpc) is 2.45. The molecule has 1 amide bonds. The van der Waals surface area contributed by atoms with Crippen molar-refractivity contribution in [2.24, 2.45) is 5.41 Å². The number of carbonyl (C=O) groups excluding carboxylic acids is 1. The number of rotatable bonds is 2. The van der Waals surface area contributed by atoms with E-state index >= 15 is 0 Å². The molecule has 3 nitrogen and oxygen atoms in total. The van der Waals surface area contributed by atoms with E-state index in [2.05, 4.69) is 17.6 Å². The minimum absolute atomic E-state index is 0. The smallest absolute Gasteiger partial charge is 0.226 e. The van der Waals surface area contributed by atoms with E-state index in [0.29, 0.717) is 11.9 Å². The van der Waals surface area contributed by atoms with Crippen LogP contribution >= 0.6 is 12.4 Å². The number of hydrogen-bond donors (Lipinski definition) is 2. The Balaban J connectivity index is 0.00000112.